The van der Waals surface area contributed by atoms with Gasteiger partial charge in [0.05, 0.1) is 5.69 Å². The van der Waals surface area contributed by atoms with E-state index in [2.05, 4.69) is 32.8 Å². The minimum atomic E-state index is 0.424. The molecule has 1 N–H and O–H groups in total. The van der Waals surface area contributed by atoms with Crippen molar-refractivity contribution in [1.29, 1.82) is 0 Å². The predicted octanol–water partition coefficient (Wildman–Crippen LogP) is 2.76. The molecule has 0 unspecified atom stereocenters. The first-order valence-corrected chi connectivity index (χ1v) is 5.87. The quantitative estimate of drug-likeness (QED) is 0.811. The molecule has 86 valence electrons. The van der Waals surface area contributed by atoms with Crippen molar-refractivity contribution < 1.29 is 5.11 Å². The minimum Gasteiger partial charge on any atom is -0.504 e. The van der Waals surface area contributed by atoms with Crippen molar-refractivity contribution in [2.45, 2.75) is 53.5 Å². The first kappa shape index (κ1) is 12.1. The maximum Gasteiger partial charge on any atom is 0.160 e. The van der Waals surface area contributed by atoms with Gasteiger partial charge < -0.3 is 5.11 Å². The van der Waals surface area contributed by atoms with E-state index >= 15 is 0 Å². The molecule has 0 saturated heterocycles. The number of hydrogen-bond acceptors (Lipinski definition) is 2. The van der Waals surface area contributed by atoms with Gasteiger partial charge in [0, 0.05) is 6.54 Å². The third kappa shape index (κ3) is 2.74. The monoisotopic (exact) mass is 210 g/mol. The van der Waals surface area contributed by atoms with Gasteiger partial charge in [0.25, 0.3) is 0 Å². The highest BCUT2D eigenvalue weighted by Crippen LogP contribution is 2.25. The Morgan fingerprint density at radius 3 is 2.47 bits per heavy atom. The molecule has 1 rings (SSSR count). The smallest absolute Gasteiger partial charge is 0.160 e. The molecule has 3 heteroatoms. The van der Waals surface area contributed by atoms with Crippen LogP contribution in [-0.2, 0) is 19.4 Å². The number of nitrogens with zero attached hydrogens (tertiary/aromatic N) is 2. The number of aryl methyl sites for hydroxylation is 1. The van der Waals surface area contributed by atoms with Gasteiger partial charge in [-0.05, 0) is 25.7 Å². The van der Waals surface area contributed by atoms with Crippen LogP contribution in [0.25, 0.3) is 0 Å². The summed E-state index contributed by atoms with van der Waals surface area (Å²) >= 11 is 0. The van der Waals surface area contributed by atoms with E-state index < -0.39 is 0 Å². The van der Waals surface area contributed by atoms with E-state index in [9.17, 15) is 5.11 Å². The molecule has 0 aliphatic rings. The zero-order chi connectivity index (χ0) is 11.4. The Kier molecular flexibility index (Phi) is 4.18. The fourth-order valence-electron chi connectivity index (χ4n) is 1.81. The van der Waals surface area contributed by atoms with Crippen molar-refractivity contribution in [3.05, 3.63) is 11.4 Å². The van der Waals surface area contributed by atoms with E-state index in [0.717, 1.165) is 37.2 Å². The van der Waals surface area contributed by atoms with Crippen LogP contribution in [0.4, 0.5) is 0 Å². The number of aromatic nitrogens is 2. The summed E-state index contributed by atoms with van der Waals surface area (Å²) in [5, 5.41) is 14.5. The summed E-state index contributed by atoms with van der Waals surface area (Å²) in [5.74, 6) is 0.956. The number of hydrogen-bond donors (Lipinski definition) is 1. The summed E-state index contributed by atoms with van der Waals surface area (Å²) in [6, 6.07) is 0. The maximum absolute atomic E-state index is 10.0. The molecule has 0 aromatic carbocycles. The maximum atomic E-state index is 10.0. The third-order valence-electron chi connectivity index (χ3n) is 2.49. The zero-order valence-electron chi connectivity index (χ0n) is 10.2. The molecule has 1 heterocycles. The Hall–Kier alpha value is -0.990. The highest BCUT2D eigenvalue weighted by atomic mass is 16.3. The van der Waals surface area contributed by atoms with Crippen molar-refractivity contribution in [3.8, 4) is 5.75 Å². The van der Waals surface area contributed by atoms with Crippen molar-refractivity contribution >= 4 is 0 Å². The van der Waals surface area contributed by atoms with Crippen molar-refractivity contribution in [1.82, 2.24) is 9.78 Å². The highest BCUT2D eigenvalue weighted by molar-refractivity contribution is 5.32. The third-order valence-corrected chi connectivity index (χ3v) is 2.49. The molecular weight excluding hydrogens is 188 g/mol. The lowest BCUT2D eigenvalue weighted by atomic mass is 10.1. The topological polar surface area (TPSA) is 38.1 Å². The van der Waals surface area contributed by atoms with Gasteiger partial charge in [-0.2, -0.15) is 5.10 Å². The Morgan fingerprint density at radius 2 is 2.00 bits per heavy atom. The summed E-state index contributed by atoms with van der Waals surface area (Å²) in [6.07, 6.45) is 2.81. The van der Waals surface area contributed by atoms with Crippen molar-refractivity contribution in [3.63, 3.8) is 0 Å². The van der Waals surface area contributed by atoms with E-state index in [0.29, 0.717) is 11.7 Å². The summed E-state index contributed by atoms with van der Waals surface area (Å²) in [6.45, 7) is 9.30. The van der Waals surface area contributed by atoms with Crippen LogP contribution in [0, 0.1) is 5.92 Å². The van der Waals surface area contributed by atoms with Crippen LogP contribution in [-0.4, -0.2) is 14.9 Å². The van der Waals surface area contributed by atoms with Crippen molar-refractivity contribution in [2.75, 3.05) is 0 Å². The molecule has 3 nitrogen and oxygen atoms in total. The summed E-state index contributed by atoms with van der Waals surface area (Å²) in [7, 11) is 0. The first-order chi connectivity index (χ1) is 7.10. The fourth-order valence-corrected chi connectivity index (χ4v) is 1.81. The molecule has 0 aliphatic carbocycles. The average molecular weight is 210 g/mol. The highest BCUT2D eigenvalue weighted by Gasteiger charge is 2.16. The van der Waals surface area contributed by atoms with Gasteiger partial charge in [0.1, 0.15) is 5.69 Å². The molecular formula is C12H22N2O. The van der Waals surface area contributed by atoms with E-state index in [4.69, 9.17) is 0 Å². The molecule has 0 spiro atoms. The second kappa shape index (κ2) is 5.19. The molecule has 1 aromatic rings. The summed E-state index contributed by atoms with van der Waals surface area (Å²) in [5.41, 5.74) is 1.85. The summed E-state index contributed by atoms with van der Waals surface area (Å²) in [4.78, 5) is 0. The standard InChI is InChI=1S/C12H22N2O/c1-5-7-11-12(15)10(8-9(3)4)13-14(11)6-2/h9,15H,5-8H2,1-4H3. The summed E-state index contributed by atoms with van der Waals surface area (Å²) < 4.78 is 1.93. The lowest BCUT2D eigenvalue weighted by molar-refractivity contribution is 0.453. The molecule has 0 bridgehead atoms. The molecule has 0 amide bonds. The molecule has 0 radical (unpaired) electrons. The van der Waals surface area contributed by atoms with Crippen LogP contribution in [0.1, 0.15) is 45.5 Å². The van der Waals surface area contributed by atoms with E-state index in [-0.39, 0.29) is 0 Å². The van der Waals surface area contributed by atoms with Crippen LogP contribution in [0.3, 0.4) is 0 Å². The predicted molar refractivity (Wildman–Crippen MR) is 62.1 cm³/mol. The van der Waals surface area contributed by atoms with E-state index in [1.54, 1.807) is 0 Å². The van der Waals surface area contributed by atoms with Crippen LogP contribution < -0.4 is 0 Å². The second-order valence-electron chi connectivity index (χ2n) is 4.41. The second-order valence-corrected chi connectivity index (χ2v) is 4.41. The Balaban J connectivity index is 2.98. The van der Waals surface area contributed by atoms with Gasteiger partial charge in [-0.1, -0.05) is 27.2 Å². The van der Waals surface area contributed by atoms with Gasteiger partial charge in [-0.25, -0.2) is 0 Å². The number of rotatable bonds is 5. The lowest BCUT2D eigenvalue weighted by Gasteiger charge is -2.02. The van der Waals surface area contributed by atoms with E-state index in [1.165, 1.54) is 0 Å². The SMILES string of the molecule is CCCc1c(O)c(CC(C)C)nn1CC. The van der Waals surface area contributed by atoms with Crippen LogP contribution in [0.15, 0.2) is 0 Å². The molecule has 15 heavy (non-hydrogen) atoms. The first-order valence-electron chi connectivity index (χ1n) is 5.87. The Labute approximate surface area is 92.1 Å². The zero-order valence-corrected chi connectivity index (χ0v) is 10.2. The number of aromatic hydroxyl groups is 1. The fraction of sp³-hybridized carbons (Fsp3) is 0.750. The van der Waals surface area contributed by atoms with Gasteiger partial charge in [0.2, 0.25) is 0 Å². The molecule has 0 saturated carbocycles. The lowest BCUT2D eigenvalue weighted by Crippen LogP contribution is -2.03. The molecule has 0 aliphatic heterocycles. The van der Waals surface area contributed by atoms with Crippen LogP contribution in [0.5, 0.6) is 5.75 Å². The van der Waals surface area contributed by atoms with Crippen LogP contribution >= 0.6 is 0 Å². The van der Waals surface area contributed by atoms with Gasteiger partial charge >= 0.3 is 0 Å². The van der Waals surface area contributed by atoms with Gasteiger partial charge in [-0.15, -0.1) is 0 Å². The molecule has 0 atom stereocenters. The Morgan fingerprint density at radius 1 is 1.33 bits per heavy atom. The molecule has 1 aromatic heterocycles. The van der Waals surface area contributed by atoms with Gasteiger partial charge in [0.15, 0.2) is 5.75 Å². The van der Waals surface area contributed by atoms with Crippen molar-refractivity contribution in [2.24, 2.45) is 5.92 Å². The van der Waals surface area contributed by atoms with Gasteiger partial charge in [-0.3, -0.25) is 4.68 Å². The molecule has 0 fully saturated rings. The van der Waals surface area contributed by atoms with Crippen LogP contribution in [0.2, 0.25) is 0 Å². The average Bonchev–Trinajstić information content (AvgIpc) is 2.46. The minimum absolute atomic E-state index is 0.424. The normalized spacial score (nSPS) is 11.3. The largest absolute Gasteiger partial charge is 0.504 e. The van der Waals surface area contributed by atoms with E-state index in [1.807, 2.05) is 4.68 Å². The Bertz CT molecular complexity index is 316.